The van der Waals surface area contributed by atoms with Crippen LogP contribution in [0.25, 0.3) is 77.2 Å². The maximum atomic E-state index is 2.37. The molecule has 0 aromatic heterocycles. The second-order valence-electron chi connectivity index (χ2n) is 13.3. The minimum absolute atomic E-state index is 1.12. The summed E-state index contributed by atoms with van der Waals surface area (Å²) in [5.41, 5.74) is 16.0. The van der Waals surface area contributed by atoms with E-state index in [4.69, 9.17) is 0 Å². The van der Waals surface area contributed by atoms with Crippen molar-refractivity contribution >= 4 is 38.6 Å². The topological polar surface area (TPSA) is 3.24 Å². The van der Waals surface area contributed by atoms with Crippen LogP contribution in [0.1, 0.15) is 0 Å². The molecule has 9 aromatic carbocycles. The van der Waals surface area contributed by atoms with Crippen molar-refractivity contribution < 1.29 is 0 Å². The maximum absolute atomic E-state index is 2.37. The van der Waals surface area contributed by atoms with E-state index in [1.54, 1.807) is 0 Å². The summed E-state index contributed by atoms with van der Waals surface area (Å²) in [7, 11) is 0. The first-order valence-electron chi connectivity index (χ1n) is 17.6. The molecule has 0 saturated carbocycles. The summed E-state index contributed by atoms with van der Waals surface area (Å²) in [6, 6.07) is 72.9. The average Bonchev–Trinajstić information content (AvgIpc) is 3.54. The molecule has 0 amide bonds. The van der Waals surface area contributed by atoms with Gasteiger partial charge in [0.2, 0.25) is 0 Å². The van der Waals surface area contributed by atoms with E-state index in [2.05, 4.69) is 205 Å². The number of fused-ring (bicyclic) bond motifs is 4. The van der Waals surface area contributed by atoms with Crippen molar-refractivity contribution in [2.45, 2.75) is 0 Å². The standard InChI is InChI=1S/C50H33N/c1-3-10-34(11-4-1)36-20-25-41(26-21-36)51(42-27-22-37(23-28-42)35-12-5-2-6-13-35)43-29-24-38-18-19-39(32-40(38)33-43)44-30-31-49-46-15-8-7-14-45(46)48-17-9-16-47(44)50(48)49/h1-33H. The van der Waals surface area contributed by atoms with Crippen molar-refractivity contribution in [2.24, 2.45) is 0 Å². The third kappa shape index (κ3) is 5.02. The van der Waals surface area contributed by atoms with Gasteiger partial charge in [0.1, 0.15) is 0 Å². The van der Waals surface area contributed by atoms with E-state index >= 15 is 0 Å². The number of benzene rings is 9. The van der Waals surface area contributed by atoms with Gasteiger partial charge in [-0.2, -0.15) is 0 Å². The molecule has 1 aliphatic carbocycles. The van der Waals surface area contributed by atoms with E-state index in [-0.39, 0.29) is 0 Å². The highest BCUT2D eigenvalue weighted by Gasteiger charge is 2.22. The van der Waals surface area contributed by atoms with Crippen LogP contribution in [0.15, 0.2) is 200 Å². The Bertz CT molecular complexity index is 2600. The second-order valence-corrected chi connectivity index (χ2v) is 13.3. The monoisotopic (exact) mass is 647 g/mol. The highest BCUT2D eigenvalue weighted by Crippen LogP contribution is 2.49. The van der Waals surface area contributed by atoms with Crippen LogP contribution in [0.2, 0.25) is 0 Å². The van der Waals surface area contributed by atoms with Gasteiger partial charge in [0.15, 0.2) is 0 Å². The average molecular weight is 648 g/mol. The summed E-state index contributed by atoms with van der Waals surface area (Å²) in [5.74, 6) is 0. The largest absolute Gasteiger partial charge is 0.310 e. The number of hydrogen-bond donors (Lipinski definition) is 0. The van der Waals surface area contributed by atoms with Crippen LogP contribution in [0.3, 0.4) is 0 Å². The van der Waals surface area contributed by atoms with Gasteiger partial charge in [-0.3, -0.25) is 0 Å². The van der Waals surface area contributed by atoms with Crippen LogP contribution in [0, 0.1) is 0 Å². The first-order valence-corrected chi connectivity index (χ1v) is 17.6. The lowest BCUT2D eigenvalue weighted by Gasteiger charge is -2.26. The molecule has 238 valence electrons. The summed E-state index contributed by atoms with van der Waals surface area (Å²) in [5, 5.41) is 5.09. The van der Waals surface area contributed by atoms with E-state index in [1.807, 2.05) is 0 Å². The van der Waals surface area contributed by atoms with Gasteiger partial charge < -0.3 is 4.90 Å². The number of anilines is 3. The molecule has 1 heteroatoms. The SMILES string of the molecule is c1ccc(-c2ccc(N(c3ccc(-c4ccccc4)cc3)c3ccc4ccc(-c5ccc6c7c(cccc57)-c5ccccc5-6)cc4c3)cc2)cc1. The predicted octanol–water partition coefficient (Wildman–Crippen LogP) is 14.1. The molecule has 10 rings (SSSR count). The van der Waals surface area contributed by atoms with Gasteiger partial charge in [0.25, 0.3) is 0 Å². The van der Waals surface area contributed by atoms with Crippen molar-refractivity contribution in [3.8, 4) is 55.6 Å². The molecular weight excluding hydrogens is 615 g/mol. The molecule has 51 heavy (non-hydrogen) atoms. The Morgan fingerprint density at radius 1 is 0.255 bits per heavy atom. The molecule has 1 nitrogen and oxygen atoms in total. The van der Waals surface area contributed by atoms with E-state index < -0.39 is 0 Å². The summed E-state index contributed by atoms with van der Waals surface area (Å²) < 4.78 is 0. The Hall–Kier alpha value is -6.70. The zero-order valence-electron chi connectivity index (χ0n) is 28.0. The first-order chi connectivity index (χ1) is 25.3. The number of rotatable bonds is 6. The number of hydrogen-bond acceptors (Lipinski definition) is 1. The van der Waals surface area contributed by atoms with Gasteiger partial charge in [-0.1, -0.05) is 158 Å². The molecule has 0 N–H and O–H groups in total. The van der Waals surface area contributed by atoms with Gasteiger partial charge in [-0.15, -0.1) is 0 Å². The molecule has 1 aliphatic rings. The first kappa shape index (κ1) is 29.2. The van der Waals surface area contributed by atoms with Crippen molar-refractivity contribution in [3.63, 3.8) is 0 Å². The van der Waals surface area contributed by atoms with Gasteiger partial charge >= 0.3 is 0 Å². The summed E-state index contributed by atoms with van der Waals surface area (Å²) >= 11 is 0. The normalized spacial score (nSPS) is 11.5. The Balaban J connectivity index is 1.08. The minimum atomic E-state index is 1.12. The smallest absolute Gasteiger partial charge is 0.0468 e. The fraction of sp³-hybridized carbons (Fsp3) is 0. The fourth-order valence-electron chi connectivity index (χ4n) is 7.92. The minimum Gasteiger partial charge on any atom is -0.310 e. The fourth-order valence-corrected chi connectivity index (χ4v) is 7.92. The van der Waals surface area contributed by atoms with Crippen molar-refractivity contribution in [3.05, 3.63) is 200 Å². The second kappa shape index (κ2) is 12.0. The molecule has 0 aliphatic heterocycles. The lowest BCUT2D eigenvalue weighted by molar-refractivity contribution is 1.29. The summed E-state index contributed by atoms with van der Waals surface area (Å²) in [6.07, 6.45) is 0. The summed E-state index contributed by atoms with van der Waals surface area (Å²) in [4.78, 5) is 2.37. The van der Waals surface area contributed by atoms with Crippen LogP contribution < -0.4 is 4.90 Å². The van der Waals surface area contributed by atoms with Crippen LogP contribution in [0.4, 0.5) is 17.1 Å². The summed E-state index contributed by atoms with van der Waals surface area (Å²) in [6.45, 7) is 0. The van der Waals surface area contributed by atoms with Crippen molar-refractivity contribution in [2.75, 3.05) is 4.90 Å². The Morgan fingerprint density at radius 2 is 0.725 bits per heavy atom. The molecule has 0 bridgehead atoms. The van der Waals surface area contributed by atoms with Gasteiger partial charge in [-0.25, -0.2) is 0 Å². The van der Waals surface area contributed by atoms with Gasteiger partial charge in [-0.05, 0) is 120 Å². The highest BCUT2D eigenvalue weighted by atomic mass is 15.1. The maximum Gasteiger partial charge on any atom is 0.0468 e. The van der Waals surface area contributed by atoms with Crippen molar-refractivity contribution in [1.29, 1.82) is 0 Å². The van der Waals surface area contributed by atoms with E-state index in [1.165, 1.54) is 77.2 Å². The molecule has 0 atom stereocenters. The quantitative estimate of drug-likeness (QED) is 0.174. The number of nitrogens with zero attached hydrogens (tertiary/aromatic N) is 1. The Kier molecular flexibility index (Phi) is 6.89. The molecular formula is C50H33N. The van der Waals surface area contributed by atoms with Crippen LogP contribution in [0.5, 0.6) is 0 Å². The molecule has 9 aromatic rings. The molecule has 0 saturated heterocycles. The van der Waals surface area contributed by atoms with Crippen LogP contribution in [-0.4, -0.2) is 0 Å². The molecule has 0 spiro atoms. The Labute approximate surface area is 298 Å². The van der Waals surface area contributed by atoms with E-state index in [9.17, 15) is 0 Å². The third-order valence-corrected chi connectivity index (χ3v) is 10.4. The highest BCUT2D eigenvalue weighted by molar-refractivity contribution is 6.18. The molecule has 0 radical (unpaired) electrons. The van der Waals surface area contributed by atoms with E-state index in [0.29, 0.717) is 0 Å². The zero-order valence-corrected chi connectivity index (χ0v) is 28.0. The molecule has 0 unspecified atom stereocenters. The third-order valence-electron chi connectivity index (χ3n) is 10.4. The van der Waals surface area contributed by atoms with Crippen LogP contribution >= 0.6 is 0 Å². The zero-order chi connectivity index (χ0) is 33.7. The van der Waals surface area contributed by atoms with Crippen LogP contribution in [-0.2, 0) is 0 Å². The molecule has 0 fully saturated rings. The lowest BCUT2D eigenvalue weighted by atomic mass is 9.93. The molecule has 0 heterocycles. The lowest BCUT2D eigenvalue weighted by Crippen LogP contribution is -2.09. The van der Waals surface area contributed by atoms with Gasteiger partial charge in [0, 0.05) is 17.1 Å². The predicted molar refractivity (Wildman–Crippen MR) is 217 cm³/mol. The van der Waals surface area contributed by atoms with Crippen molar-refractivity contribution in [1.82, 2.24) is 0 Å². The Morgan fingerprint density at radius 3 is 1.35 bits per heavy atom. The van der Waals surface area contributed by atoms with E-state index in [0.717, 1.165) is 17.1 Å². The van der Waals surface area contributed by atoms with Gasteiger partial charge in [0.05, 0.1) is 0 Å².